The number of rotatable bonds is 4. The van der Waals surface area contributed by atoms with E-state index in [0.717, 1.165) is 0 Å². The van der Waals surface area contributed by atoms with Crippen molar-refractivity contribution in [1.29, 1.82) is 0 Å². The molecular formula is C15H26N2O4. The number of carboxylic acids is 1. The Morgan fingerprint density at radius 3 is 2.43 bits per heavy atom. The van der Waals surface area contributed by atoms with Crippen molar-refractivity contribution in [3.05, 3.63) is 0 Å². The third-order valence-electron chi connectivity index (χ3n) is 3.75. The second-order valence-electron chi connectivity index (χ2n) is 6.93. The fourth-order valence-corrected chi connectivity index (χ4v) is 2.65. The molecular weight excluding hydrogens is 272 g/mol. The van der Waals surface area contributed by atoms with Gasteiger partial charge in [-0.1, -0.05) is 20.8 Å². The molecule has 1 fully saturated rings. The Morgan fingerprint density at radius 1 is 1.29 bits per heavy atom. The van der Waals surface area contributed by atoms with Gasteiger partial charge >= 0.3 is 5.97 Å². The molecule has 0 aromatic rings. The fourth-order valence-electron chi connectivity index (χ4n) is 2.65. The van der Waals surface area contributed by atoms with Gasteiger partial charge in [0.15, 0.2) is 0 Å². The molecule has 0 aromatic heterocycles. The first-order chi connectivity index (χ1) is 9.61. The number of amides is 2. The highest BCUT2D eigenvalue weighted by molar-refractivity contribution is 5.85. The van der Waals surface area contributed by atoms with Gasteiger partial charge in [0, 0.05) is 19.0 Å². The van der Waals surface area contributed by atoms with Gasteiger partial charge in [-0.2, -0.15) is 0 Å². The summed E-state index contributed by atoms with van der Waals surface area (Å²) in [5.74, 6) is -1.75. The van der Waals surface area contributed by atoms with Crippen LogP contribution in [-0.2, 0) is 14.4 Å². The Balaban J connectivity index is 2.51. The third-order valence-corrected chi connectivity index (χ3v) is 3.75. The normalized spacial score (nSPS) is 22.8. The second kappa shape index (κ2) is 6.91. The SMILES string of the molecule is C[C@@H]1[C@H](C(=O)O)CCCN1C(=O)CNC(=O)CC(C)(C)C. The van der Waals surface area contributed by atoms with Crippen LogP contribution in [0.1, 0.15) is 47.0 Å². The summed E-state index contributed by atoms with van der Waals surface area (Å²) in [7, 11) is 0. The Hall–Kier alpha value is -1.59. The summed E-state index contributed by atoms with van der Waals surface area (Å²) >= 11 is 0. The molecule has 0 bridgehead atoms. The van der Waals surface area contributed by atoms with Crippen LogP contribution in [0.3, 0.4) is 0 Å². The van der Waals surface area contributed by atoms with E-state index in [2.05, 4.69) is 5.32 Å². The van der Waals surface area contributed by atoms with Crippen molar-refractivity contribution in [3.63, 3.8) is 0 Å². The zero-order valence-corrected chi connectivity index (χ0v) is 13.3. The van der Waals surface area contributed by atoms with Gasteiger partial charge in [0.1, 0.15) is 0 Å². The quantitative estimate of drug-likeness (QED) is 0.818. The molecule has 1 heterocycles. The maximum atomic E-state index is 12.2. The van der Waals surface area contributed by atoms with Gasteiger partial charge in [0.25, 0.3) is 0 Å². The van der Waals surface area contributed by atoms with E-state index in [9.17, 15) is 14.4 Å². The molecule has 1 aliphatic rings. The monoisotopic (exact) mass is 298 g/mol. The van der Waals surface area contributed by atoms with Gasteiger partial charge in [-0.15, -0.1) is 0 Å². The van der Waals surface area contributed by atoms with Crippen molar-refractivity contribution in [2.45, 2.75) is 53.0 Å². The molecule has 120 valence electrons. The van der Waals surface area contributed by atoms with Crippen molar-refractivity contribution in [2.75, 3.05) is 13.1 Å². The Kier molecular flexibility index (Phi) is 5.75. The molecule has 0 saturated carbocycles. The number of aliphatic carboxylic acids is 1. The van der Waals surface area contributed by atoms with E-state index in [1.807, 2.05) is 20.8 Å². The standard InChI is InChI=1S/C15H26N2O4/c1-10-11(14(20)21)6-5-7-17(10)13(19)9-16-12(18)8-15(2,3)4/h10-11H,5-9H2,1-4H3,(H,16,18)(H,20,21)/t10-,11-/m1/s1. The Morgan fingerprint density at radius 2 is 1.90 bits per heavy atom. The van der Waals surface area contributed by atoms with Crippen LogP contribution in [0.4, 0.5) is 0 Å². The first-order valence-electron chi connectivity index (χ1n) is 7.41. The van der Waals surface area contributed by atoms with Gasteiger partial charge in [0.05, 0.1) is 12.5 Å². The summed E-state index contributed by atoms with van der Waals surface area (Å²) in [6.07, 6.45) is 1.63. The molecule has 1 saturated heterocycles. The second-order valence-corrected chi connectivity index (χ2v) is 6.93. The van der Waals surface area contributed by atoms with Crippen LogP contribution in [-0.4, -0.2) is 46.9 Å². The number of piperidine rings is 1. The smallest absolute Gasteiger partial charge is 0.308 e. The number of carbonyl (C=O) groups excluding carboxylic acids is 2. The van der Waals surface area contributed by atoms with Crippen LogP contribution >= 0.6 is 0 Å². The fraction of sp³-hybridized carbons (Fsp3) is 0.800. The molecule has 21 heavy (non-hydrogen) atoms. The van der Waals surface area contributed by atoms with Crippen molar-refractivity contribution in [3.8, 4) is 0 Å². The summed E-state index contributed by atoms with van der Waals surface area (Å²) in [5, 5.41) is 11.8. The number of carbonyl (C=O) groups is 3. The van der Waals surface area contributed by atoms with Crippen LogP contribution in [0.2, 0.25) is 0 Å². The van der Waals surface area contributed by atoms with Crippen LogP contribution in [0.5, 0.6) is 0 Å². The first kappa shape index (κ1) is 17.5. The van der Waals surface area contributed by atoms with Gasteiger partial charge in [-0.3, -0.25) is 14.4 Å². The average molecular weight is 298 g/mol. The minimum Gasteiger partial charge on any atom is -0.481 e. The van der Waals surface area contributed by atoms with Crippen molar-refractivity contribution in [1.82, 2.24) is 10.2 Å². The van der Waals surface area contributed by atoms with E-state index in [-0.39, 0.29) is 29.8 Å². The number of likely N-dealkylation sites (tertiary alicyclic amines) is 1. The number of nitrogens with one attached hydrogen (secondary N) is 1. The lowest BCUT2D eigenvalue weighted by Crippen LogP contribution is -2.52. The Bertz CT molecular complexity index is 414. The molecule has 0 aliphatic carbocycles. The van der Waals surface area contributed by atoms with E-state index in [1.165, 1.54) is 0 Å². The van der Waals surface area contributed by atoms with Gasteiger partial charge in [0.2, 0.25) is 11.8 Å². The van der Waals surface area contributed by atoms with E-state index >= 15 is 0 Å². The van der Waals surface area contributed by atoms with E-state index in [1.54, 1.807) is 11.8 Å². The lowest BCUT2D eigenvalue weighted by molar-refractivity contribution is -0.149. The average Bonchev–Trinajstić information content (AvgIpc) is 2.33. The zero-order chi connectivity index (χ0) is 16.2. The lowest BCUT2D eigenvalue weighted by atomic mass is 9.90. The molecule has 2 amide bonds. The van der Waals surface area contributed by atoms with Crippen LogP contribution in [0.25, 0.3) is 0 Å². The highest BCUT2D eigenvalue weighted by Gasteiger charge is 2.35. The molecule has 6 nitrogen and oxygen atoms in total. The van der Waals surface area contributed by atoms with Gasteiger partial charge in [-0.25, -0.2) is 0 Å². The largest absolute Gasteiger partial charge is 0.481 e. The third kappa shape index (κ3) is 5.36. The molecule has 0 radical (unpaired) electrons. The lowest BCUT2D eigenvalue weighted by Gasteiger charge is -2.37. The maximum absolute atomic E-state index is 12.2. The van der Waals surface area contributed by atoms with Gasteiger partial charge < -0.3 is 15.3 Å². The van der Waals surface area contributed by atoms with Crippen LogP contribution in [0.15, 0.2) is 0 Å². The summed E-state index contributed by atoms with van der Waals surface area (Å²) in [6.45, 7) is 8.12. The summed E-state index contributed by atoms with van der Waals surface area (Å²) in [5.41, 5.74) is -0.125. The number of hydrogen-bond donors (Lipinski definition) is 2. The molecule has 0 unspecified atom stereocenters. The summed E-state index contributed by atoms with van der Waals surface area (Å²) < 4.78 is 0. The topological polar surface area (TPSA) is 86.7 Å². The van der Waals surface area contributed by atoms with Crippen LogP contribution in [0, 0.1) is 11.3 Å². The molecule has 1 rings (SSSR count). The molecule has 2 N–H and O–H groups in total. The van der Waals surface area contributed by atoms with Crippen LogP contribution < -0.4 is 5.32 Å². The molecule has 2 atom stereocenters. The maximum Gasteiger partial charge on any atom is 0.308 e. The minimum absolute atomic E-state index is 0.0639. The van der Waals surface area contributed by atoms with Gasteiger partial charge in [-0.05, 0) is 25.2 Å². The number of carboxylic acid groups (broad SMARTS) is 1. The molecule has 1 aliphatic heterocycles. The van der Waals surface area contributed by atoms with E-state index in [4.69, 9.17) is 5.11 Å². The van der Waals surface area contributed by atoms with Crippen molar-refractivity contribution >= 4 is 17.8 Å². The molecule has 0 spiro atoms. The minimum atomic E-state index is -0.864. The summed E-state index contributed by atoms with van der Waals surface area (Å²) in [6, 6.07) is -0.330. The van der Waals surface area contributed by atoms with E-state index in [0.29, 0.717) is 25.8 Å². The van der Waals surface area contributed by atoms with E-state index < -0.39 is 11.9 Å². The Labute approximate surface area is 125 Å². The predicted octanol–water partition coefficient (Wildman–Crippen LogP) is 1.25. The zero-order valence-electron chi connectivity index (χ0n) is 13.3. The molecule has 0 aromatic carbocycles. The summed E-state index contributed by atoms with van der Waals surface area (Å²) in [4.78, 5) is 36.6. The number of nitrogens with zero attached hydrogens (tertiary/aromatic N) is 1. The predicted molar refractivity (Wildman–Crippen MR) is 78.6 cm³/mol. The van der Waals surface area contributed by atoms with Crippen molar-refractivity contribution in [2.24, 2.45) is 11.3 Å². The van der Waals surface area contributed by atoms with Crippen molar-refractivity contribution < 1.29 is 19.5 Å². The highest BCUT2D eigenvalue weighted by atomic mass is 16.4. The highest BCUT2D eigenvalue weighted by Crippen LogP contribution is 2.23. The first-order valence-corrected chi connectivity index (χ1v) is 7.41. The number of hydrogen-bond acceptors (Lipinski definition) is 3. The molecule has 6 heteroatoms.